The number of amidine groups is 1. The van der Waals surface area contributed by atoms with Gasteiger partial charge in [-0.15, -0.1) is 0 Å². The molecule has 210 valence electrons. The zero-order valence-electron chi connectivity index (χ0n) is 22.4. The highest BCUT2D eigenvalue weighted by Crippen LogP contribution is 2.18. The van der Waals surface area contributed by atoms with Gasteiger partial charge in [0.15, 0.2) is 0 Å². The average Bonchev–Trinajstić information content (AvgIpc) is 3.16. The average molecular weight is 526 g/mol. The van der Waals surface area contributed by atoms with Gasteiger partial charge in [0.2, 0.25) is 0 Å². The highest BCUT2D eigenvalue weighted by Gasteiger charge is 2.36. The van der Waals surface area contributed by atoms with Crippen LogP contribution in [0.25, 0.3) is 0 Å². The first-order valence-corrected chi connectivity index (χ1v) is 13.1. The van der Waals surface area contributed by atoms with Crippen LogP contribution >= 0.6 is 0 Å². The predicted molar refractivity (Wildman–Crippen MR) is 137 cm³/mol. The minimum absolute atomic E-state index is 0.0655. The highest BCUT2D eigenvalue weighted by atomic mass is 16.6. The molecule has 37 heavy (non-hydrogen) atoms. The normalized spacial score (nSPS) is 24.2. The number of ether oxygens (including phenoxy) is 2. The number of aliphatic carboxylic acids is 1. The summed E-state index contributed by atoms with van der Waals surface area (Å²) in [7, 11) is 0. The summed E-state index contributed by atoms with van der Waals surface area (Å²) in [5, 5.41) is 16.8. The van der Waals surface area contributed by atoms with E-state index in [4.69, 9.17) is 25.7 Å². The third-order valence-electron chi connectivity index (χ3n) is 6.87. The van der Waals surface area contributed by atoms with Gasteiger partial charge in [0, 0.05) is 65.4 Å². The van der Waals surface area contributed by atoms with Crippen molar-refractivity contribution in [3.63, 3.8) is 0 Å². The van der Waals surface area contributed by atoms with Gasteiger partial charge in [0.25, 0.3) is 0 Å². The quantitative estimate of drug-likeness (QED) is 0.265. The lowest BCUT2D eigenvalue weighted by molar-refractivity contribution is -0.137. The third kappa shape index (κ3) is 9.00. The molecule has 3 saturated heterocycles. The molecule has 0 aromatic rings. The highest BCUT2D eigenvalue weighted by molar-refractivity contribution is 5.87. The SMILES string of the molecule is CC(C)(C)OC(=O)N1CCN(CCCN2CC(CN3CCN(CCC(=O)O)CC3)OC2=O)CC1C(=N)N. The lowest BCUT2D eigenvalue weighted by Gasteiger charge is -2.41. The summed E-state index contributed by atoms with van der Waals surface area (Å²) in [6, 6.07) is -0.533. The summed E-state index contributed by atoms with van der Waals surface area (Å²) in [6.07, 6.45) is -0.00981. The number of carboxylic acids is 1. The van der Waals surface area contributed by atoms with Crippen molar-refractivity contribution < 1.29 is 29.0 Å². The fraction of sp³-hybridized carbons (Fsp3) is 0.833. The van der Waals surface area contributed by atoms with E-state index in [9.17, 15) is 14.4 Å². The van der Waals surface area contributed by atoms with Gasteiger partial charge >= 0.3 is 18.2 Å². The Hall–Kier alpha value is -2.64. The molecule has 4 N–H and O–H groups in total. The summed E-state index contributed by atoms with van der Waals surface area (Å²) in [4.78, 5) is 45.6. The fourth-order valence-electron chi connectivity index (χ4n) is 4.92. The number of cyclic esters (lactones) is 1. The zero-order chi connectivity index (χ0) is 27.2. The van der Waals surface area contributed by atoms with Crippen molar-refractivity contribution in [2.45, 2.75) is 51.4 Å². The van der Waals surface area contributed by atoms with Gasteiger partial charge in [-0.1, -0.05) is 0 Å². The molecule has 3 aliphatic heterocycles. The van der Waals surface area contributed by atoms with Gasteiger partial charge in [-0.05, 0) is 33.7 Å². The van der Waals surface area contributed by atoms with Crippen LogP contribution in [-0.4, -0.2) is 150 Å². The molecule has 0 aromatic heterocycles. The minimum Gasteiger partial charge on any atom is -0.481 e. The summed E-state index contributed by atoms with van der Waals surface area (Å²) >= 11 is 0. The van der Waals surface area contributed by atoms with Gasteiger partial charge in [0.1, 0.15) is 23.6 Å². The minimum atomic E-state index is -0.776. The van der Waals surface area contributed by atoms with E-state index in [1.807, 2.05) is 20.8 Å². The number of piperazine rings is 2. The Morgan fingerprint density at radius 1 is 1.03 bits per heavy atom. The van der Waals surface area contributed by atoms with Crippen LogP contribution in [0.2, 0.25) is 0 Å². The summed E-state index contributed by atoms with van der Waals surface area (Å²) in [5.41, 5.74) is 5.18. The summed E-state index contributed by atoms with van der Waals surface area (Å²) in [5.74, 6) is -0.841. The number of hydrogen-bond donors (Lipinski definition) is 3. The Labute approximate surface area is 218 Å². The maximum atomic E-state index is 12.6. The second kappa shape index (κ2) is 12.7. The molecule has 13 nitrogen and oxygen atoms in total. The van der Waals surface area contributed by atoms with Crippen molar-refractivity contribution in [3.8, 4) is 0 Å². The van der Waals surface area contributed by atoms with E-state index in [1.165, 1.54) is 4.90 Å². The molecule has 3 fully saturated rings. The number of carbonyl (C=O) groups is 3. The Kier molecular flexibility index (Phi) is 9.96. The first-order valence-electron chi connectivity index (χ1n) is 13.1. The molecule has 0 bridgehead atoms. The molecule has 0 aromatic carbocycles. The third-order valence-corrected chi connectivity index (χ3v) is 6.87. The van der Waals surface area contributed by atoms with Gasteiger partial charge < -0.3 is 30.1 Å². The van der Waals surface area contributed by atoms with Crippen molar-refractivity contribution in [1.29, 1.82) is 5.41 Å². The maximum absolute atomic E-state index is 12.6. The molecule has 0 radical (unpaired) electrons. The van der Waals surface area contributed by atoms with E-state index in [0.717, 1.165) is 39.1 Å². The first-order chi connectivity index (χ1) is 17.4. The molecule has 2 atom stereocenters. The van der Waals surface area contributed by atoms with Crippen LogP contribution < -0.4 is 5.73 Å². The summed E-state index contributed by atoms with van der Waals surface area (Å²) < 4.78 is 11.1. The molecule has 2 unspecified atom stereocenters. The van der Waals surface area contributed by atoms with Gasteiger partial charge in [-0.25, -0.2) is 9.59 Å². The number of nitrogens with zero attached hydrogens (tertiary/aromatic N) is 5. The molecule has 0 saturated carbocycles. The van der Waals surface area contributed by atoms with E-state index >= 15 is 0 Å². The van der Waals surface area contributed by atoms with E-state index < -0.39 is 23.7 Å². The maximum Gasteiger partial charge on any atom is 0.411 e. The molecule has 3 aliphatic rings. The van der Waals surface area contributed by atoms with E-state index in [0.29, 0.717) is 45.8 Å². The van der Waals surface area contributed by atoms with Crippen molar-refractivity contribution in [2.24, 2.45) is 5.73 Å². The van der Waals surface area contributed by atoms with Crippen molar-refractivity contribution in [3.05, 3.63) is 0 Å². The van der Waals surface area contributed by atoms with Crippen LogP contribution in [0.15, 0.2) is 0 Å². The number of carbonyl (C=O) groups excluding carboxylic acids is 2. The van der Waals surface area contributed by atoms with E-state index in [1.54, 1.807) is 4.90 Å². The van der Waals surface area contributed by atoms with Gasteiger partial charge in [0.05, 0.1) is 13.0 Å². The Bertz CT molecular complexity index is 827. The van der Waals surface area contributed by atoms with Gasteiger partial charge in [-0.3, -0.25) is 24.9 Å². The summed E-state index contributed by atoms with van der Waals surface area (Å²) in [6.45, 7) is 13.4. The number of amides is 2. The van der Waals surface area contributed by atoms with Crippen molar-refractivity contribution >= 4 is 24.0 Å². The Balaban J connectivity index is 1.37. The number of rotatable bonds is 10. The Morgan fingerprint density at radius 2 is 1.68 bits per heavy atom. The molecular formula is C24H43N7O6. The molecule has 0 spiro atoms. The molecule has 3 heterocycles. The van der Waals surface area contributed by atoms with Crippen molar-refractivity contribution in [1.82, 2.24) is 24.5 Å². The molecule has 3 rings (SSSR count). The van der Waals surface area contributed by atoms with Crippen molar-refractivity contribution in [2.75, 3.05) is 78.5 Å². The molecule has 13 heteroatoms. The fourth-order valence-corrected chi connectivity index (χ4v) is 4.92. The van der Waals surface area contributed by atoms with Crippen LogP contribution in [0.3, 0.4) is 0 Å². The predicted octanol–water partition coefficient (Wildman–Crippen LogP) is 0.147. The van der Waals surface area contributed by atoms with Gasteiger partial charge in [-0.2, -0.15) is 0 Å². The largest absolute Gasteiger partial charge is 0.481 e. The number of carboxylic acid groups (broad SMARTS) is 1. The lowest BCUT2D eigenvalue weighted by Crippen LogP contribution is -2.60. The molecule has 2 amide bonds. The van der Waals surface area contributed by atoms with Crippen LogP contribution in [0.5, 0.6) is 0 Å². The smallest absolute Gasteiger partial charge is 0.411 e. The zero-order valence-corrected chi connectivity index (χ0v) is 22.4. The van der Waals surface area contributed by atoms with E-state index in [2.05, 4.69) is 14.7 Å². The number of nitrogens with one attached hydrogen (secondary N) is 1. The molecular weight excluding hydrogens is 482 g/mol. The topological polar surface area (TPSA) is 156 Å². The second-order valence-corrected chi connectivity index (χ2v) is 11.0. The van der Waals surface area contributed by atoms with Crippen LogP contribution in [0, 0.1) is 5.41 Å². The van der Waals surface area contributed by atoms with Crippen LogP contribution in [0.4, 0.5) is 9.59 Å². The number of hydrogen-bond acceptors (Lipinski definition) is 9. The first kappa shape index (κ1) is 28.9. The molecule has 0 aliphatic carbocycles. The Morgan fingerprint density at radius 3 is 2.30 bits per heavy atom. The van der Waals surface area contributed by atoms with Crippen LogP contribution in [0.1, 0.15) is 33.6 Å². The monoisotopic (exact) mass is 525 g/mol. The standard InChI is InChI=1S/C24H43N7O6/c1-24(2,3)37-23(35)31-14-13-28(17-19(31)21(25)26)6-4-7-30-16-18(36-22(30)34)15-29-11-9-27(10-12-29)8-5-20(32)33/h18-19H,4-17H2,1-3H3,(H3,25,26)(H,32,33). The second-order valence-electron chi connectivity index (χ2n) is 11.0. The number of nitrogens with two attached hydrogens (primary N) is 1. The lowest BCUT2D eigenvalue weighted by atomic mass is 10.1. The van der Waals surface area contributed by atoms with Crippen LogP contribution in [-0.2, 0) is 14.3 Å². The van der Waals surface area contributed by atoms with E-state index in [-0.39, 0.29) is 24.5 Å².